The molecular formula is C32H31ClF2N6O3S. The minimum Gasteiger partial charge on any atom is -0.493 e. The number of hydrazone groups is 1. The van der Waals surface area contributed by atoms with Crippen LogP contribution in [0.3, 0.4) is 0 Å². The fourth-order valence-electron chi connectivity index (χ4n) is 4.79. The van der Waals surface area contributed by atoms with Gasteiger partial charge in [0.1, 0.15) is 11.6 Å². The van der Waals surface area contributed by atoms with Crippen molar-refractivity contribution in [3.63, 3.8) is 0 Å². The molecule has 0 fully saturated rings. The van der Waals surface area contributed by atoms with Gasteiger partial charge in [0.15, 0.2) is 28.2 Å². The SMILES string of the molecule is COc1cc2c(Oc3ccc(C4(C=NNC(N)=S)C=CC(F)=CC4Cl)cc3F)ccnc2cc1OCCCN1C=CC(C)=CN1. The number of pyridine rings is 1. The number of nitrogens with zero attached hydrogens (tertiary/aromatic N) is 3. The first-order valence-electron chi connectivity index (χ1n) is 13.9. The minimum absolute atomic E-state index is 0.0445. The van der Waals surface area contributed by atoms with Crippen LogP contribution in [0.15, 0.2) is 95.8 Å². The monoisotopic (exact) mass is 652 g/mol. The molecule has 9 nitrogen and oxygen atoms in total. The summed E-state index contributed by atoms with van der Waals surface area (Å²) in [5, 5.41) is 5.61. The van der Waals surface area contributed by atoms with Gasteiger partial charge >= 0.3 is 0 Å². The molecule has 0 spiro atoms. The average Bonchev–Trinajstić information content (AvgIpc) is 3.02. The third-order valence-corrected chi connectivity index (χ3v) is 7.73. The van der Waals surface area contributed by atoms with E-state index in [4.69, 9.17) is 43.8 Å². The quantitative estimate of drug-likeness (QED) is 0.0727. The van der Waals surface area contributed by atoms with Crippen molar-refractivity contribution in [2.24, 2.45) is 10.8 Å². The molecule has 4 N–H and O–H groups in total. The number of nitrogens with one attached hydrogen (secondary N) is 2. The zero-order valence-corrected chi connectivity index (χ0v) is 26.0. The standard InChI is InChI=1S/C32H31ClF2N6O3S/c1-20-8-12-41(39-18-20)11-3-13-43-29-17-25-23(16-28(29)42-2)26(7-10-37-25)44-27-5-4-21(14-24(27)35)32(19-38-40-31(36)45)9-6-22(34)15-30(32)33/h4-10,12,14-19,30,39H,3,11,13H2,1-2H3,(H3,36,40,45). The van der Waals surface area contributed by atoms with E-state index >= 15 is 4.39 Å². The summed E-state index contributed by atoms with van der Waals surface area (Å²) in [6.07, 6.45) is 13.6. The lowest BCUT2D eigenvalue weighted by Crippen LogP contribution is -2.38. The molecule has 3 aromatic rings. The fourth-order valence-corrected chi connectivity index (χ4v) is 5.22. The van der Waals surface area contributed by atoms with Gasteiger partial charge in [-0.15, -0.1) is 11.6 Å². The molecule has 13 heteroatoms. The number of halogens is 3. The highest BCUT2D eigenvalue weighted by molar-refractivity contribution is 7.80. The summed E-state index contributed by atoms with van der Waals surface area (Å²) in [7, 11) is 1.54. The second-order valence-electron chi connectivity index (χ2n) is 10.3. The van der Waals surface area contributed by atoms with Crippen molar-refractivity contribution in [1.29, 1.82) is 0 Å². The number of methoxy groups -OCH3 is 1. The maximum atomic E-state index is 15.6. The number of alkyl halides is 1. The Balaban J connectivity index is 1.35. The summed E-state index contributed by atoms with van der Waals surface area (Å²) in [6.45, 7) is 3.22. The Hall–Kier alpha value is -4.68. The largest absolute Gasteiger partial charge is 0.493 e. The Morgan fingerprint density at radius 1 is 1.20 bits per heavy atom. The molecule has 0 radical (unpaired) electrons. The molecule has 0 amide bonds. The van der Waals surface area contributed by atoms with Crippen LogP contribution in [-0.2, 0) is 5.41 Å². The first-order valence-corrected chi connectivity index (χ1v) is 14.8. The van der Waals surface area contributed by atoms with Gasteiger partial charge in [-0.05, 0) is 72.8 Å². The van der Waals surface area contributed by atoms with Gasteiger partial charge in [-0.1, -0.05) is 12.1 Å². The highest BCUT2D eigenvalue weighted by Crippen LogP contribution is 2.40. The van der Waals surface area contributed by atoms with Gasteiger partial charge in [-0.25, -0.2) is 8.78 Å². The van der Waals surface area contributed by atoms with E-state index < -0.39 is 22.4 Å². The number of rotatable bonds is 11. The Morgan fingerprint density at radius 3 is 2.76 bits per heavy atom. The fraction of sp³-hybridized carbons (Fsp3) is 0.219. The second-order valence-corrected chi connectivity index (χ2v) is 11.2. The number of fused-ring (bicyclic) bond motifs is 1. The lowest BCUT2D eigenvalue weighted by Gasteiger charge is -2.32. The third-order valence-electron chi connectivity index (χ3n) is 7.15. The normalized spacial score (nSPS) is 19.2. The number of aromatic nitrogens is 1. The van der Waals surface area contributed by atoms with Gasteiger partial charge in [0.25, 0.3) is 0 Å². The zero-order valence-electron chi connectivity index (χ0n) is 24.5. The van der Waals surface area contributed by atoms with Gasteiger partial charge < -0.3 is 25.4 Å². The second kappa shape index (κ2) is 14.0. The molecule has 2 heterocycles. The van der Waals surface area contributed by atoms with E-state index in [2.05, 4.69) is 20.9 Å². The summed E-state index contributed by atoms with van der Waals surface area (Å²) >= 11 is 11.3. The number of thiocarbonyl (C=S) groups is 1. The van der Waals surface area contributed by atoms with Crippen LogP contribution in [-0.4, -0.2) is 47.0 Å². The van der Waals surface area contributed by atoms with Crippen molar-refractivity contribution in [3.05, 3.63) is 102 Å². The van der Waals surface area contributed by atoms with Crippen molar-refractivity contribution in [1.82, 2.24) is 20.8 Å². The first-order chi connectivity index (χ1) is 21.7. The van der Waals surface area contributed by atoms with Crippen LogP contribution in [0.1, 0.15) is 18.9 Å². The van der Waals surface area contributed by atoms with Crippen molar-refractivity contribution >= 4 is 46.0 Å². The average molecular weight is 653 g/mol. The van der Waals surface area contributed by atoms with Gasteiger partial charge in [0, 0.05) is 49.2 Å². The van der Waals surface area contributed by atoms with E-state index in [0.717, 1.165) is 18.5 Å². The van der Waals surface area contributed by atoms with Gasteiger partial charge in [-0.3, -0.25) is 15.4 Å². The predicted octanol–water partition coefficient (Wildman–Crippen LogP) is 6.27. The first kappa shape index (κ1) is 31.7. The van der Waals surface area contributed by atoms with E-state index in [-0.39, 0.29) is 10.9 Å². The molecule has 1 aromatic heterocycles. The summed E-state index contributed by atoms with van der Waals surface area (Å²) in [4.78, 5) is 4.45. The molecule has 1 aliphatic heterocycles. The van der Waals surface area contributed by atoms with Crippen molar-refractivity contribution in [3.8, 4) is 23.0 Å². The molecule has 1 aliphatic carbocycles. The molecule has 5 rings (SSSR count). The van der Waals surface area contributed by atoms with E-state index in [9.17, 15) is 4.39 Å². The van der Waals surface area contributed by atoms with Crippen LogP contribution in [0, 0.1) is 5.82 Å². The van der Waals surface area contributed by atoms with Gasteiger partial charge in [0.2, 0.25) is 0 Å². The number of hydrogen-bond donors (Lipinski definition) is 3. The third kappa shape index (κ3) is 7.35. The molecule has 0 bridgehead atoms. The Bertz CT molecular complexity index is 1750. The van der Waals surface area contributed by atoms with Gasteiger partial charge in [-0.2, -0.15) is 5.10 Å². The molecule has 2 aliphatic rings. The summed E-state index contributed by atoms with van der Waals surface area (Å²) < 4.78 is 47.2. The number of ether oxygens (including phenoxy) is 3. The highest BCUT2D eigenvalue weighted by Gasteiger charge is 2.38. The Labute approximate surface area is 269 Å². The number of nitrogens with two attached hydrogens (primary N) is 1. The van der Waals surface area contributed by atoms with Crippen molar-refractivity contribution in [2.75, 3.05) is 20.3 Å². The van der Waals surface area contributed by atoms with Crippen molar-refractivity contribution < 1.29 is 23.0 Å². The molecule has 45 heavy (non-hydrogen) atoms. The highest BCUT2D eigenvalue weighted by atomic mass is 35.5. The minimum atomic E-state index is -1.20. The maximum Gasteiger partial charge on any atom is 0.184 e. The molecule has 2 unspecified atom stereocenters. The van der Waals surface area contributed by atoms with E-state index in [1.807, 2.05) is 30.4 Å². The van der Waals surface area contributed by atoms with Crippen molar-refractivity contribution in [2.45, 2.75) is 24.1 Å². The van der Waals surface area contributed by atoms with E-state index in [1.54, 1.807) is 37.6 Å². The van der Waals surface area contributed by atoms with E-state index in [1.165, 1.54) is 36.6 Å². The summed E-state index contributed by atoms with van der Waals surface area (Å²) in [6, 6.07) is 9.50. The van der Waals surface area contributed by atoms with E-state index in [0.29, 0.717) is 40.3 Å². The Kier molecular flexibility index (Phi) is 9.84. The number of benzene rings is 2. The topological polar surface area (TPSA) is 106 Å². The lowest BCUT2D eigenvalue weighted by molar-refractivity contribution is 0.245. The molecule has 0 saturated carbocycles. The van der Waals surface area contributed by atoms with Crippen LogP contribution < -0.4 is 30.8 Å². The van der Waals surface area contributed by atoms with Crippen LogP contribution in [0.2, 0.25) is 0 Å². The summed E-state index contributed by atoms with van der Waals surface area (Å²) in [5.41, 5.74) is 12.1. The molecular weight excluding hydrogens is 622 g/mol. The maximum absolute atomic E-state index is 15.6. The molecule has 2 atom stereocenters. The molecule has 234 valence electrons. The van der Waals surface area contributed by atoms with Crippen LogP contribution in [0.25, 0.3) is 10.9 Å². The number of allylic oxidation sites excluding steroid dienone is 6. The molecule has 0 saturated heterocycles. The zero-order chi connectivity index (χ0) is 32.0. The van der Waals surface area contributed by atoms with Crippen LogP contribution in [0.5, 0.6) is 23.0 Å². The molecule has 2 aromatic carbocycles. The van der Waals surface area contributed by atoms with Crippen LogP contribution >= 0.6 is 23.8 Å². The van der Waals surface area contributed by atoms with Gasteiger partial charge in [0.05, 0.1) is 30.0 Å². The smallest absolute Gasteiger partial charge is 0.184 e. The van der Waals surface area contributed by atoms with Crippen LogP contribution in [0.4, 0.5) is 8.78 Å². The Morgan fingerprint density at radius 2 is 2.04 bits per heavy atom. The number of hydrazine groups is 1. The summed E-state index contributed by atoms with van der Waals surface area (Å²) in [5.74, 6) is 0.136. The lowest BCUT2D eigenvalue weighted by atomic mass is 9.76. The predicted molar refractivity (Wildman–Crippen MR) is 176 cm³/mol. The number of hydrogen-bond acceptors (Lipinski definition) is 8.